The molecule has 0 N–H and O–H groups in total. The number of likely N-dealkylation sites (tertiary alicyclic amines) is 1. The van der Waals surface area contributed by atoms with Gasteiger partial charge in [0.05, 0.1) is 0 Å². The number of aliphatic imine (C=N–C) groups is 1. The van der Waals surface area contributed by atoms with Gasteiger partial charge in [-0.05, 0) is 24.8 Å². The second-order valence-electron chi connectivity index (χ2n) is 4.69. The molecule has 17 heavy (non-hydrogen) atoms. The largest absolute Gasteiger partial charge is 0.338 e. The molecule has 1 amide bonds. The molecule has 3 heteroatoms. The van der Waals surface area contributed by atoms with E-state index in [0.717, 1.165) is 24.2 Å². The molecule has 94 valence electrons. The lowest BCUT2D eigenvalue weighted by Crippen LogP contribution is -2.27. The topological polar surface area (TPSA) is 32.7 Å². The number of amides is 1. The van der Waals surface area contributed by atoms with E-state index in [0.29, 0.717) is 18.9 Å². The Hall–Kier alpha value is -1.38. The van der Waals surface area contributed by atoms with Crippen LogP contribution in [0.2, 0.25) is 0 Å². The molecule has 0 aromatic rings. The summed E-state index contributed by atoms with van der Waals surface area (Å²) in [5.74, 6) is 0.609. The van der Waals surface area contributed by atoms with Crippen LogP contribution in [0.1, 0.15) is 33.6 Å². The van der Waals surface area contributed by atoms with Gasteiger partial charge in [0.15, 0.2) is 0 Å². The summed E-state index contributed by atoms with van der Waals surface area (Å²) >= 11 is 0. The van der Waals surface area contributed by atoms with Crippen LogP contribution in [0.5, 0.6) is 0 Å². The van der Waals surface area contributed by atoms with Gasteiger partial charge in [-0.15, -0.1) is 0 Å². The van der Waals surface area contributed by atoms with Crippen molar-refractivity contribution in [3.8, 4) is 0 Å². The van der Waals surface area contributed by atoms with Gasteiger partial charge < -0.3 is 4.90 Å². The van der Waals surface area contributed by atoms with Gasteiger partial charge >= 0.3 is 0 Å². The van der Waals surface area contributed by atoms with Crippen molar-refractivity contribution >= 4 is 12.1 Å². The molecule has 1 fully saturated rings. The van der Waals surface area contributed by atoms with Gasteiger partial charge in [0.2, 0.25) is 5.91 Å². The summed E-state index contributed by atoms with van der Waals surface area (Å²) in [5, 5.41) is 0. The third-order valence-corrected chi connectivity index (χ3v) is 2.98. The van der Waals surface area contributed by atoms with Gasteiger partial charge in [0, 0.05) is 31.4 Å². The first-order valence-corrected chi connectivity index (χ1v) is 6.20. The Labute approximate surface area is 104 Å². The van der Waals surface area contributed by atoms with Crippen molar-refractivity contribution in [2.45, 2.75) is 33.6 Å². The number of hydrogen-bond donors (Lipinski definition) is 0. The molecule has 1 rings (SSSR count). The first-order chi connectivity index (χ1) is 8.04. The number of rotatable bonds is 5. The molecule has 0 aliphatic carbocycles. The Bertz CT molecular complexity index is 353. The van der Waals surface area contributed by atoms with E-state index < -0.39 is 0 Å². The average Bonchev–Trinajstić information content (AvgIpc) is 2.69. The Morgan fingerprint density at radius 3 is 2.76 bits per heavy atom. The molecule has 1 heterocycles. The number of nitrogens with zero attached hydrogens (tertiary/aromatic N) is 2. The quantitative estimate of drug-likeness (QED) is 0.673. The molecule has 0 bridgehead atoms. The van der Waals surface area contributed by atoms with Crippen LogP contribution < -0.4 is 0 Å². The van der Waals surface area contributed by atoms with E-state index in [-0.39, 0.29) is 5.91 Å². The molecule has 0 aromatic carbocycles. The summed E-state index contributed by atoms with van der Waals surface area (Å²) in [4.78, 5) is 17.7. The highest BCUT2D eigenvalue weighted by molar-refractivity contribution is 5.83. The Balaban J connectivity index is 2.55. The third-order valence-electron chi connectivity index (χ3n) is 2.98. The van der Waals surface area contributed by atoms with Crippen LogP contribution in [-0.2, 0) is 4.79 Å². The van der Waals surface area contributed by atoms with E-state index in [1.165, 1.54) is 0 Å². The number of hydrogen-bond acceptors (Lipinski definition) is 2. The fraction of sp³-hybridized carbons (Fsp3) is 0.571. The highest BCUT2D eigenvalue weighted by atomic mass is 16.2. The normalized spacial score (nSPS) is 17.5. The van der Waals surface area contributed by atoms with Crippen molar-refractivity contribution in [1.29, 1.82) is 0 Å². The predicted molar refractivity (Wildman–Crippen MR) is 72.0 cm³/mol. The summed E-state index contributed by atoms with van der Waals surface area (Å²) in [5.41, 5.74) is 1.94. The SMILES string of the molecule is C=C(N=C/C(=C\C)CN1CCCC1=O)C(C)C. The van der Waals surface area contributed by atoms with Gasteiger partial charge in [-0.2, -0.15) is 0 Å². The highest BCUT2D eigenvalue weighted by Crippen LogP contribution is 2.12. The van der Waals surface area contributed by atoms with Crippen LogP contribution in [0.15, 0.2) is 28.9 Å². The maximum absolute atomic E-state index is 11.5. The number of allylic oxidation sites excluding steroid dienone is 2. The monoisotopic (exact) mass is 234 g/mol. The zero-order valence-corrected chi connectivity index (χ0v) is 11.1. The molecular weight excluding hydrogens is 212 g/mol. The molecule has 3 nitrogen and oxygen atoms in total. The van der Waals surface area contributed by atoms with Crippen LogP contribution >= 0.6 is 0 Å². The van der Waals surface area contributed by atoms with E-state index in [2.05, 4.69) is 25.4 Å². The summed E-state index contributed by atoms with van der Waals surface area (Å²) in [6.45, 7) is 11.6. The summed E-state index contributed by atoms with van der Waals surface area (Å²) < 4.78 is 0. The van der Waals surface area contributed by atoms with Gasteiger partial charge in [0.1, 0.15) is 0 Å². The van der Waals surface area contributed by atoms with Crippen molar-refractivity contribution in [3.63, 3.8) is 0 Å². The van der Waals surface area contributed by atoms with Crippen molar-refractivity contribution in [1.82, 2.24) is 4.90 Å². The van der Waals surface area contributed by atoms with Crippen molar-refractivity contribution in [3.05, 3.63) is 23.9 Å². The molecule has 0 radical (unpaired) electrons. The first-order valence-electron chi connectivity index (χ1n) is 6.20. The Kier molecular flexibility index (Phi) is 5.13. The van der Waals surface area contributed by atoms with Crippen LogP contribution in [-0.4, -0.2) is 30.1 Å². The molecular formula is C14H22N2O. The smallest absolute Gasteiger partial charge is 0.222 e. The lowest BCUT2D eigenvalue weighted by molar-refractivity contribution is -0.127. The second kappa shape index (κ2) is 6.38. The molecule has 0 saturated carbocycles. The summed E-state index contributed by atoms with van der Waals surface area (Å²) in [6, 6.07) is 0. The van der Waals surface area contributed by atoms with Crippen LogP contribution in [0.25, 0.3) is 0 Å². The lowest BCUT2D eigenvalue weighted by Gasteiger charge is -2.15. The van der Waals surface area contributed by atoms with E-state index in [9.17, 15) is 4.79 Å². The number of carbonyl (C=O) groups is 1. The van der Waals surface area contributed by atoms with Crippen molar-refractivity contribution < 1.29 is 4.79 Å². The summed E-state index contributed by atoms with van der Waals surface area (Å²) in [6.07, 6.45) is 5.50. The second-order valence-corrected chi connectivity index (χ2v) is 4.69. The average molecular weight is 234 g/mol. The van der Waals surface area contributed by atoms with E-state index >= 15 is 0 Å². The maximum Gasteiger partial charge on any atom is 0.222 e. The minimum Gasteiger partial charge on any atom is -0.338 e. The van der Waals surface area contributed by atoms with Gasteiger partial charge in [-0.3, -0.25) is 9.79 Å². The van der Waals surface area contributed by atoms with Crippen LogP contribution in [0.3, 0.4) is 0 Å². The van der Waals surface area contributed by atoms with Crippen molar-refractivity contribution in [2.24, 2.45) is 10.9 Å². The van der Waals surface area contributed by atoms with Crippen LogP contribution in [0, 0.1) is 5.92 Å². The lowest BCUT2D eigenvalue weighted by atomic mass is 10.1. The highest BCUT2D eigenvalue weighted by Gasteiger charge is 2.20. The van der Waals surface area contributed by atoms with Crippen molar-refractivity contribution in [2.75, 3.05) is 13.1 Å². The summed E-state index contributed by atoms with van der Waals surface area (Å²) in [7, 11) is 0. The van der Waals surface area contributed by atoms with E-state index in [1.807, 2.05) is 24.1 Å². The molecule has 0 aromatic heterocycles. The molecule has 1 aliphatic heterocycles. The standard InChI is InChI=1S/C14H22N2O/c1-5-13(9-15-12(4)11(2)3)10-16-8-6-7-14(16)17/h5,9,11H,4,6-8,10H2,1-3H3/b13-5+,15-9?. The third kappa shape index (κ3) is 4.17. The first kappa shape index (κ1) is 13.7. The fourth-order valence-corrected chi connectivity index (χ4v) is 1.61. The zero-order valence-electron chi connectivity index (χ0n) is 11.1. The molecule has 1 aliphatic rings. The zero-order chi connectivity index (χ0) is 12.8. The van der Waals surface area contributed by atoms with Crippen LogP contribution in [0.4, 0.5) is 0 Å². The van der Waals surface area contributed by atoms with E-state index in [1.54, 1.807) is 0 Å². The van der Waals surface area contributed by atoms with Gasteiger partial charge in [-0.1, -0.05) is 26.5 Å². The Morgan fingerprint density at radius 2 is 2.29 bits per heavy atom. The van der Waals surface area contributed by atoms with Gasteiger partial charge in [0.25, 0.3) is 0 Å². The molecule has 0 unspecified atom stereocenters. The fourth-order valence-electron chi connectivity index (χ4n) is 1.61. The maximum atomic E-state index is 11.5. The molecule has 0 atom stereocenters. The molecule has 1 saturated heterocycles. The van der Waals surface area contributed by atoms with Gasteiger partial charge in [-0.25, -0.2) is 0 Å². The van der Waals surface area contributed by atoms with E-state index in [4.69, 9.17) is 0 Å². The predicted octanol–water partition coefficient (Wildman–Crippen LogP) is 2.80. The molecule has 0 spiro atoms. The minimum absolute atomic E-state index is 0.250. The minimum atomic E-state index is 0.250. The number of carbonyl (C=O) groups excluding carboxylic acids is 1. The Morgan fingerprint density at radius 1 is 1.59 bits per heavy atom.